The summed E-state index contributed by atoms with van der Waals surface area (Å²) in [6, 6.07) is 0.663. The lowest BCUT2D eigenvalue weighted by atomic mass is 10.2. The van der Waals surface area contributed by atoms with Gasteiger partial charge < -0.3 is 9.64 Å². The van der Waals surface area contributed by atoms with Crippen molar-refractivity contribution in [2.24, 2.45) is 0 Å². The zero-order valence-corrected chi connectivity index (χ0v) is 12.0. The van der Waals surface area contributed by atoms with Gasteiger partial charge in [0, 0.05) is 18.8 Å². The largest absolute Gasteiger partial charge is 0.377 e. The Morgan fingerprint density at radius 3 is 3.17 bits per heavy atom. The average Bonchev–Trinajstić information content (AvgIpc) is 3.18. The van der Waals surface area contributed by atoms with Crippen molar-refractivity contribution >= 4 is 11.8 Å². The summed E-state index contributed by atoms with van der Waals surface area (Å²) in [5.41, 5.74) is 0. The number of hydrogen-bond acceptors (Lipinski definition) is 5. The normalized spacial score (nSPS) is 18.4. The summed E-state index contributed by atoms with van der Waals surface area (Å²) in [5.74, 6) is 0.724. The Balaban J connectivity index is 1.67. The SMILES string of the molecule is O=C(Nc1ccn(CC(F)F)n1)N1CCOCC1c1ncn[nH]1. The fraction of sp³-hybridized carbons (Fsp3) is 0.500. The number of hydrogen-bond donors (Lipinski definition) is 2. The predicted octanol–water partition coefficient (Wildman–Crippen LogP) is 0.872. The number of carbonyl (C=O) groups is 1. The Morgan fingerprint density at radius 1 is 1.57 bits per heavy atom. The highest BCUT2D eigenvalue weighted by molar-refractivity contribution is 5.88. The van der Waals surface area contributed by atoms with Crippen LogP contribution in [0.25, 0.3) is 0 Å². The third-order valence-electron chi connectivity index (χ3n) is 3.34. The van der Waals surface area contributed by atoms with Crippen LogP contribution in [0.4, 0.5) is 19.4 Å². The number of ether oxygens (including phenoxy) is 1. The molecular formula is C12H15F2N7O2. The smallest absolute Gasteiger partial charge is 0.323 e. The zero-order chi connectivity index (χ0) is 16.2. The van der Waals surface area contributed by atoms with Crippen LogP contribution < -0.4 is 5.32 Å². The number of nitrogens with zero attached hydrogens (tertiary/aromatic N) is 5. The second-order valence-electron chi connectivity index (χ2n) is 4.90. The Morgan fingerprint density at radius 2 is 2.43 bits per heavy atom. The summed E-state index contributed by atoms with van der Waals surface area (Å²) in [4.78, 5) is 18.0. The molecule has 3 heterocycles. The minimum atomic E-state index is -2.51. The van der Waals surface area contributed by atoms with Gasteiger partial charge in [-0.1, -0.05) is 0 Å². The van der Waals surface area contributed by atoms with E-state index in [1.165, 1.54) is 23.5 Å². The molecule has 1 atom stereocenters. The molecule has 1 saturated heterocycles. The molecule has 0 saturated carbocycles. The minimum absolute atomic E-state index is 0.207. The maximum Gasteiger partial charge on any atom is 0.323 e. The van der Waals surface area contributed by atoms with Crippen LogP contribution in [0.3, 0.4) is 0 Å². The van der Waals surface area contributed by atoms with E-state index >= 15 is 0 Å². The molecule has 0 bridgehead atoms. The quantitative estimate of drug-likeness (QED) is 0.868. The number of carbonyl (C=O) groups excluding carboxylic acids is 1. The number of rotatable bonds is 4. The molecule has 0 radical (unpaired) electrons. The molecule has 2 aromatic rings. The molecule has 11 heteroatoms. The minimum Gasteiger partial charge on any atom is -0.377 e. The first-order chi connectivity index (χ1) is 11.1. The summed E-state index contributed by atoms with van der Waals surface area (Å²) < 4.78 is 31.1. The van der Waals surface area contributed by atoms with Crippen LogP contribution in [0.2, 0.25) is 0 Å². The van der Waals surface area contributed by atoms with Crippen LogP contribution in [-0.4, -0.2) is 62.1 Å². The zero-order valence-electron chi connectivity index (χ0n) is 12.0. The summed E-state index contributed by atoms with van der Waals surface area (Å²) in [6.45, 7) is 0.545. The molecule has 23 heavy (non-hydrogen) atoms. The molecule has 0 aromatic carbocycles. The molecule has 9 nitrogen and oxygen atoms in total. The number of alkyl halides is 2. The first kappa shape index (κ1) is 15.3. The van der Waals surface area contributed by atoms with Gasteiger partial charge in [0.15, 0.2) is 5.82 Å². The molecule has 2 aromatic heterocycles. The van der Waals surface area contributed by atoms with Crippen molar-refractivity contribution in [3.05, 3.63) is 24.4 Å². The van der Waals surface area contributed by atoms with E-state index < -0.39 is 25.0 Å². The second kappa shape index (κ2) is 6.69. The molecule has 3 rings (SSSR count). The monoisotopic (exact) mass is 327 g/mol. The van der Waals surface area contributed by atoms with E-state index in [9.17, 15) is 13.6 Å². The van der Waals surface area contributed by atoms with Crippen molar-refractivity contribution in [1.82, 2.24) is 29.9 Å². The number of morpholine rings is 1. The lowest BCUT2D eigenvalue weighted by Gasteiger charge is -2.33. The fourth-order valence-corrected chi connectivity index (χ4v) is 2.30. The van der Waals surface area contributed by atoms with Gasteiger partial charge in [-0.05, 0) is 0 Å². The van der Waals surface area contributed by atoms with E-state index in [4.69, 9.17) is 4.74 Å². The standard InChI is InChI=1S/C12H15F2N7O2/c13-9(14)5-20-2-1-10(19-20)17-12(22)21-3-4-23-6-8(21)11-15-7-16-18-11/h1-2,7-9H,3-6H2,(H,15,16,18)(H,17,19,22). The molecule has 1 fully saturated rings. The molecule has 1 aliphatic rings. The Bertz CT molecular complexity index is 646. The van der Waals surface area contributed by atoms with E-state index in [1.807, 2.05) is 0 Å². The highest BCUT2D eigenvalue weighted by Gasteiger charge is 2.31. The summed E-state index contributed by atoms with van der Waals surface area (Å²) in [7, 11) is 0. The lowest BCUT2D eigenvalue weighted by Crippen LogP contribution is -2.45. The van der Waals surface area contributed by atoms with Gasteiger partial charge in [0.1, 0.15) is 24.7 Å². The van der Waals surface area contributed by atoms with Gasteiger partial charge in [-0.3, -0.25) is 15.1 Å². The molecule has 2 amide bonds. The van der Waals surface area contributed by atoms with E-state index in [1.54, 1.807) is 0 Å². The molecule has 0 aliphatic carbocycles. The predicted molar refractivity (Wildman–Crippen MR) is 73.9 cm³/mol. The first-order valence-corrected chi connectivity index (χ1v) is 6.95. The van der Waals surface area contributed by atoms with E-state index in [2.05, 4.69) is 25.6 Å². The van der Waals surface area contributed by atoms with Crippen molar-refractivity contribution in [2.75, 3.05) is 25.1 Å². The topological polar surface area (TPSA) is 101 Å². The third-order valence-corrected chi connectivity index (χ3v) is 3.34. The number of anilines is 1. The van der Waals surface area contributed by atoms with Crippen molar-refractivity contribution in [3.63, 3.8) is 0 Å². The molecule has 0 spiro atoms. The maximum atomic E-state index is 12.4. The Hall–Kier alpha value is -2.56. The first-order valence-electron chi connectivity index (χ1n) is 6.95. The molecule has 124 valence electrons. The van der Waals surface area contributed by atoms with Crippen LogP contribution >= 0.6 is 0 Å². The van der Waals surface area contributed by atoms with Crippen LogP contribution in [0.15, 0.2) is 18.6 Å². The van der Waals surface area contributed by atoms with Crippen molar-refractivity contribution in [2.45, 2.75) is 19.0 Å². The third kappa shape index (κ3) is 3.62. The molecular weight excluding hydrogens is 312 g/mol. The lowest BCUT2D eigenvalue weighted by molar-refractivity contribution is 0.0118. The van der Waals surface area contributed by atoms with E-state index in [0.717, 1.165) is 4.68 Å². The molecule has 1 unspecified atom stereocenters. The Kier molecular flexibility index (Phi) is 4.46. The summed E-state index contributed by atoms with van der Waals surface area (Å²) in [6.07, 6.45) is 0.231. The van der Waals surface area contributed by atoms with Crippen molar-refractivity contribution in [3.8, 4) is 0 Å². The van der Waals surface area contributed by atoms with Crippen LogP contribution in [0, 0.1) is 0 Å². The van der Waals surface area contributed by atoms with Crippen molar-refractivity contribution < 1.29 is 18.3 Å². The highest BCUT2D eigenvalue weighted by atomic mass is 19.3. The maximum absolute atomic E-state index is 12.4. The number of aromatic nitrogens is 5. The van der Waals surface area contributed by atoms with Crippen LogP contribution in [0.5, 0.6) is 0 Å². The highest BCUT2D eigenvalue weighted by Crippen LogP contribution is 2.21. The second-order valence-corrected chi connectivity index (χ2v) is 4.90. The number of aromatic amines is 1. The van der Waals surface area contributed by atoms with Crippen LogP contribution in [-0.2, 0) is 11.3 Å². The average molecular weight is 327 g/mol. The van der Waals surface area contributed by atoms with Gasteiger partial charge in [0.2, 0.25) is 0 Å². The van der Waals surface area contributed by atoms with Crippen molar-refractivity contribution in [1.29, 1.82) is 0 Å². The Labute approximate surface area is 129 Å². The van der Waals surface area contributed by atoms with Gasteiger partial charge >= 0.3 is 6.03 Å². The number of amides is 2. The molecule has 1 aliphatic heterocycles. The number of urea groups is 1. The van der Waals surface area contributed by atoms with E-state index in [-0.39, 0.29) is 5.82 Å². The molecule has 2 N–H and O–H groups in total. The van der Waals surface area contributed by atoms with E-state index in [0.29, 0.717) is 25.6 Å². The van der Waals surface area contributed by atoms with Gasteiger partial charge in [-0.25, -0.2) is 18.6 Å². The number of nitrogens with one attached hydrogen (secondary N) is 2. The van der Waals surface area contributed by atoms with Gasteiger partial charge in [-0.15, -0.1) is 0 Å². The fourth-order valence-electron chi connectivity index (χ4n) is 2.30. The number of H-pyrrole nitrogens is 1. The van der Waals surface area contributed by atoms with Gasteiger partial charge in [0.05, 0.1) is 13.2 Å². The van der Waals surface area contributed by atoms with Gasteiger partial charge in [0.25, 0.3) is 6.43 Å². The summed E-state index contributed by atoms with van der Waals surface area (Å²) >= 11 is 0. The van der Waals surface area contributed by atoms with Gasteiger partial charge in [-0.2, -0.15) is 10.2 Å². The summed E-state index contributed by atoms with van der Waals surface area (Å²) in [5, 5.41) is 13.0. The van der Waals surface area contributed by atoms with Crippen LogP contribution in [0.1, 0.15) is 11.9 Å². The number of halogens is 2.